The van der Waals surface area contributed by atoms with Gasteiger partial charge in [0.15, 0.2) is 0 Å². The van der Waals surface area contributed by atoms with Gasteiger partial charge in [0.25, 0.3) is 0 Å². The first-order valence-corrected chi connectivity index (χ1v) is 6.64. The summed E-state index contributed by atoms with van der Waals surface area (Å²) >= 11 is 5.90. The molecule has 0 fully saturated rings. The van der Waals surface area contributed by atoms with Crippen molar-refractivity contribution in [2.24, 2.45) is 11.7 Å². The number of anilines is 1. The molecule has 0 aliphatic carbocycles. The van der Waals surface area contributed by atoms with Gasteiger partial charge in [0.05, 0.1) is 10.6 Å². The van der Waals surface area contributed by atoms with E-state index >= 15 is 0 Å². The maximum atomic E-state index is 11.2. The van der Waals surface area contributed by atoms with E-state index in [0.29, 0.717) is 22.5 Å². The van der Waals surface area contributed by atoms with Gasteiger partial charge < -0.3 is 11.1 Å². The lowest BCUT2D eigenvalue weighted by Gasteiger charge is -2.17. The minimum Gasteiger partial charge on any atom is -0.383 e. The number of carbonyl (C=O) groups is 1. The van der Waals surface area contributed by atoms with Crippen LogP contribution in [-0.4, -0.2) is 11.9 Å². The molecule has 18 heavy (non-hydrogen) atoms. The Morgan fingerprint density at radius 3 is 2.56 bits per heavy atom. The lowest BCUT2D eigenvalue weighted by Crippen LogP contribution is -2.17. The van der Waals surface area contributed by atoms with Crippen LogP contribution >= 0.6 is 11.6 Å². The zero-order valence-corrected chi connectivity index (χ0v) is 11.9. The van der Waals surface area contributed by atoms with Crippen LogP contribution in [0.3, 0.4) is 0 Å². The van der Waals surface area contributed by atoms with Crippen molar-refractivity contribution < 1.29 is 4.79 Å². The maximum absolute atomic E-state index is 11.2. The number of nitrogens with two attached hydrogens (primary N) is 1. The average molecular weight is 269 g/mol. The summed E-state index contributed by atoms with van der Waals surface area (Å²) in [6.45, 7) is 6.54. The molecule has 1 atom stereocenters. The third-order valence-corrected chi connectivity index (χ3v) is 3.15. The number of halogens is 1. The highest BCUT2D eigenvalue weighted by molar-refractivity contribution is 6.33. The van der Waals surface area contributed by atoms with E-state index in [1.807, 2.05) is 6.07 Å². The van der Waals surface area contributed by atoms with Crippen molar-refractivity contribution in [2.75, 3.05) is 5.32 Å². The molecule has 0 radical (unpaired) electrons. The number of hydrogen-bond donors (Lipinski definition) is 2. The van der Waals surface area contributed by atoms with Crippen molar-refractivity contribution in [1.82, 2.24) is 0 Å². The quantitative estimate of drug-likeness (QED) is 0.827. The van der Waals surface area contributed by atoms with Crippen LogP contribution in [0.15, 0.2) is 18.2 Å². The van der Waals surface area contributed by atoms with E-state index in [4.69, 9.17) is 17.3 Å². The second-order valence-corrected chi connectivity index (χ2v) is 5.48. The lowest BCUT2D eigenvalue weighted by atomic mass is 10.0. The highest BCUT2D eigenvalue weighted by Crippen LogP contribution is 2.21. The minimum atomic E-state index is -0.501. The minimum absolute atomic E-state index is 0.356. The molecule has 0 spiro atoms. The first-order chi connectivity index (χ1) is 8.40. The van der Waals surface area contributed by atoms with Gasteiger partial charge >= 0.3 is 0 Å². The third-order valence-electron chi connectivity index (χ3n) is 2.82. The Bertz CT molecular complexity index is 418. The molecule has 1 aromatic rings. The van der Waals surface area contributed by atoms with Gasteiger partial charge in [-0.15, -0.1) is 0 Å². The molecule has 0 saturated heterocycles. The Kier molecular flexibility index (Phi) is 5.48. The molecule has 1 amide bonds. The molecule has 0 aliphatic rings. The topological polar surface area (TPSA) is 55.1 Å². The second kappa shape index (κ2) is 6.64. The van der Waals surface area contributed by atoms with Crippen LogP contribution in [0.5, 0.6) is 0 Å². The van der Waals surface area contributed by atoms with Gasteiger partial charge in [-0.2, -0.15) is 0 Å². The molecule has 100 valence electrons. The van der Waals surface area contributed by atoms with Gasteiger partial charge in [-0.1, -0.05) is 25.4 Å². The van der Waals surface area contributed by atoms with E-state index in [1.54, 1.807) is 12.1 Å². The van der Waals surface area contributed by atoms with Crippen molar-refractivity contribution in [3.8, 4) is 0 Å². The summed E-state index contributed by atoms with van der Waals surface area (Å²) in [5, 5.41) is 3.74. The van der Waals surface area contributed by atoms with Crippen molar-refractivity contribution >= 4 is 23.2 Å². The Labute approximate surface area is 114 Å². The number of benzene rings is 1. The Balaban J connectivity index is 2.67. The summed E-state index contributed by atoms with van der Waals surface area (Å²) in [6, 6.07) is 5.62. The normalized spacial score (nSPS) is 12.5. The zero-order valence-electron chi connectivity index (χ0n) is 11.2. The number of rotatable bonds is 6. The molecule has 0 bridgehead atoms. The maximum Gasteiger partial charge on any atom is 0.250 e. The van der Waals surface area contributed by atoms with Crippen LogP contribution in [0.1, 0.15) is 44.0 Å². The zero-order chi connectivity index (χ0) is 13.7. The molecule has 1 unspecified atom stereocenters. The molecule has 4 heteroatoms. The van der Waals surface area contributed by atoms with E-state index in [9.17, 15) is 4.79 Å². The van der Waals surface area contributed by atoms with Crippen LogP contribution in [0.2, 0.25) is 5.02 Å². The fourth-order valence-electron chi connectivity index (χ4n) is 1.74. The van der Waals surface area contributed by atoms with Gasteiger partial charge in [0.2, 0.25) is 5.91 Å². The predicted octanol–water partition coefficient (Wildman–Crippen LogP) is 3.68. The average Bonchev–Trinajstić information content (AvgIpc) is 2.28. The van der Waals surface area contributed by atoms with Crippen LogP contribution in [0, 0.1) is 5.92 Å². The number of primary amides is 1. The number of nitrogens with one attached hydrogen (secondary N) is 1. The summed E-state index contributed by atoms with van der Waals surface area (Å²) in [5.41, 5.74) is 6.50. The lowest BCUT2D eigenvalue weighted by molar-refractivity contribution is 0.100. The largest absolute Gasteiger partial charge is 0.383 e. The third kappa shape index (κ3) is 4.57. The van der Waals surface area contributed by atoms with Crippen molar-refractivity contribution in [1.29, 1.82) is 0 Å². The summed E-state index contributed by atoms with van der Waals surface area (Å²) in [7, 11) is 0. The highest BCUT2D eigenvalue weighted by Gasteiger charge is 2.09. The van der Waals surface area contributed by atoms with E-state index in [0.717, 1.165) is 12.1 Å². The van der Waals surface area contributed by atoms with Crippen molar-refractivity contribution in [2.45, 2.75) is 39.7 Å². The van der Waals surface area contributed by atoms with Gasteiger partial charge in [-0.3, -0.25) is 4.79 Å². The van der Waals surface area contributed by atoms with Crippen LogP contribution < -0.4 is 11.1 Å². The van der Waals surface area contributed by atoms with Gasteiger partial charge in [-0.05, 0) is 43.9 Å². The van der Waals surface area contributed by atoms with Gasteiger partial charge in [0.1, 0.15) is 0 Å². The van der Waals surface area contributed by atoms with Gasteiger partial charge in [-0.25, -0.2) is 0 Å². The Morgan fingerprint density at radius 1 is 1.33 bits per heavy atom. The molecular weight excluding hydrogens is 248 g/mol. The van der Waals surface area contributed by atoms with Gasteiger partial charge in [0, 0.05) is 11.7 Å². The molecule has 3 N–H and O–H groups in total. The SMILES string of the molecule is CC(C)CCC(C)Nc1ccc(Cl)c(C(N)=O)c1. The van der Waals surface area contributed by atoms with E-state index in [-0.39, 0.29) is 0 Å². The molecule has 0 aliphatic heterocycles. The highest BCUT2D eigenvalue weighted by atomic mass is 35.5. The van der Waals surface area contributed by atoms with E-state index in [1.165, 1.54) is 6.42 Å². The second-order valence-electron chi connectivity index (χ2n) is 5.08. The molecule has 0 aromatic heterocycles. The Morgan fingerprint density at radius 2 is 2.00 bits per heavy atom. The molecule has 1 rings (SSSR count). The van der Waals surface area contributed by atoms with Crippen LogP contribution in [0.4, 0.5) is 5.69 Å². The number of hydrogen-bond acceptors (Lipinski definition) is 2. The Hall–Kier alpha value is -1.22. The monoisotopic (exact) mass is 268 g/mol. The summed E-state index contributed by atoms with van der Waals surface area (Å²) in [5.74, 6) is 0.194. The summed E-state index contributed by atoms with van der Waals surface area (Å²) in [6.07, 6.45) is 2.26. The number of amides is 1. The van der Waals surface area contributed by atoms with Crippen molar-refractivity contribution in [3.63, 3.8) is 0 Å². The summed E-state index contributed by atoms with van der Waals surface area (Å²) < 4.78 is 0. The van der Waals surface area contributed by atoms with Crippen LogP contribution in [0.25, 0.3) is 0 Å². The molecular formula is C14H21ClN2O. The van der Waals surface area contributed by atoms with Crippen molar-refractivity contribution in [3.05, 3.63) is 28.8 Å². The van der Waals surface area contributed by atoms with E-state index in [2.05, 4.69) is 26.1 Å². The van der Waals surface area contributed by atoms with Crippen LogP contribution in [-0.2, 0) is 0 Å². The fourth-order valence-corrected chi connectivity index (χ4v) is 1.95. The summed E-state index contributed by atoms with van der Waals surface area (Å²) in [4.78, 5) is 11.2. The predicted molar refractivity (Wildman–Crippen MR) is 77.1 cm³/mol. The molecule has 1 aromatic carbocycles. The first kappa shape index (κ1) is 14.8. The smallest absolute Gasteiger partial charge is 0.250 e. The van der Waals surface area contributed by atoms with E-state index < -0.39 is 5.91 Å². The molecule has 0 saturated carbocycles. The standard InChI is InChI=1S/C14H21ClN2O/c1-9(2)4-5-10(3)17-11-6-7-13(15)12(8-11)14(16)18/h6-10,17H,4-5H2,1-3H3,(H2,16,18). The molecule has 0 heterocycles. The number of carbonyl (C=O) groups excluding carboxylic acids is 1. The fraction of sp³-hybridized carbons (Fsp3) is 0.500. The molecule has 3 nitrogen and oxygen atoms in total. The first-order valence-electron chi connectivity index (χ1n) is 6.26.